The van der Waals surface area contributed by atoms with Crippen LogP contribution >= 0.6 is 0 Å². The summed E-state index contributed by atoms with van der Waals surface area (Å²) in [4.78, 5) is 40.7. The van der Waals surface area contributed by atoms with Gasteiger partial charge in [0, 0.05) is 24.7 Å². The number of carbonyl (C=O) groups excluding carboxylic acids is 3. The molecule has 1 aromatic carbocycles. The third-order valence-electron chi connectivity index (χ3n) is 5.28. The molecule has 2 amide bonds. The lowest BCUT2D eigenvalue weighted by Crippen LogP contribution is -2.30. The zero-order chi connectivity index (χ0) is 21.5. The van der Waals surface area contributed by atoms with E-state index in [1.54, 1.807) is 18.2 Å². The van der Waals surface area contributed by atoms with Crippen molar-refractivity contribution in [1.29, 1.82) is 0 Å². The smallest absolute Gasteiger partial charge is 0.315 e. The number of hydrogen-bond donors (Lipinski definition) is 2. The number of carbonyl (C=O) groups is 3. The van der Waals surface area contributed by atoms with Crippen LogP contribution in [0.2, 0.25) is 0 Å². The Hall–Kier alpha value is -3.82. The topological polar surface area (TPSA) is 115 Å². The molecular formula is C21H18FN5O4. The summed E-state index contributed by atoms with van der Waals surface area (Å²) >= 11 is 0. The zero-order valence-electron chi connectivity index (χ0n) is 16.4. The highest BCUT2D eigenvalue weighted by molar-refractivity contribution is 5.98. The second-order valence-electron chi connectivity index (χ2n) is 7.68. The average molecular weight is 423 g/mol. The van der Waals surface area contributed by atoms with E-state index < -0.39 is 17.6 Å². The van der Waals surface area contributed by atoms with E-state index in [1.165, 1.54) is 6.07 Å². The van der Waals surface area contributed by atoms with Crippen LogP contribution in [0.25, 0.3) is 5.65 Å². The molecule has 1 saturated carbocycles. The maximum Gasteiger partial charge on any atom is 0.315 e. The van der Waals surface area contributed by atoms with E-state index in [2.05, 4.69) is 20.7 Å². The molecule has 0 saturated heterocycles. The summed E-state index contributed by atoms with van der Waals surface area (Å²) in [5.41, 5.74) is 1.27. The van der Waals surface area contributed by atoms with Gasteiger partial charge in [-0.2, -0.15) is 5.10 Å². The van der Waals surface area contributed by atoms with Crippen LogP contribution in [-0.2, 0) is 17.8 Å². The Kier molecular flexibility index (Phi) is 4.61. The fourth-order valence-corrected chi connectivity index (χ4v) is 3.43. The van der Waals surface area contributed by atoms with Gasteiger partial charge in [-0.3, -0.25) is 14.4 Å². The van der Waals surface area contributed by atoms with Gasteiger partial charge in [-0.1, -0.05) is 6.07 Å². The molecule has 1 aliphatic heterocycles. The summed E-state index contributed by atoms with van der Waals surface area (Å²) in [5.74, 6) is -1.07. The summed E-state index contributed by atoms with van der Waals surface area (Å²) < 4.78 is 20.3. The molecule has 0 atom stereocenters. The fourth-order valence-electron chi connectivity index (χ4n) is 3.43. The van der Waals surface area contributed by atoms with Crippen LogP contribution in [-0.4, -0.2) is 38.9 Å². The normalized spacial score (nSPS) is 14.9. The summed E-state index contributed by atoms with van der Waals surface area (Å²) in [7, 11) is 0. The first kappa shape index (κ1) is 19.2. The van der Waals surface area contributed by atoms with Crippen molar-refractivity contribution >= 4 is 23.4 Å². The lowest BCUT2D eigenvalue weighted by molar-refractivity contribution is -0.131. The number of nitrogens with one attached hydrogen (secondary N) is 2. The van der Waals surface area contributed by atoms with Gasteiger partial charge in [-0.05, 0) is 36.5 Å². The van der Waals surface area contributed by atoms with Gasteiger partial charge in [0.25, 0.3) is 11.8 Å². The fraction of sp³-hybridized carbons (Fsp3) is 0.286. The predicted molar refractivity (Wildman–Crippen MR) is 105 cm³/mol. The van der Waals surface area contributed by atoms with Crippen LogP contribution in [0.5, 0.6) is 5.75 Å². The summed E-state index contributed by atoms with van der Waals surface area (Å²) in [6, 6.07) is 6.49. The quantitative estimate of drug-likeness (QED) is 0.458. The van der Waals surface area contributed by atoms with Crippen molar-refractivity contribution in [2.24, 2.45) is 5.92 Å². The Morgan fingerprint density at radius 3 is 2.84 bits per heavy atom. The molecule has 158 valence electrons. The molecule has 0 spiro atoms. The van der Waals surface area contributed by atoms with E-state index in [1.807, 2.05) is 0 Å². The van der Waals surface area contributed by atoms with E-state index in [9.17, 15) is 18.8 Å². The Morgan fingerprint density at radius 1 is 1.19 bits per heavy atom. The van der Waals surface area contributed by atoms with E-state index in [4.69, 9.17) is 4.74 Å². The second-order valence-corrected chi connectivity index (χ2v) is 7.68. The molecule has 3 aromatic rings. The molecule has 0 radical (unpaired) electrons. The van der Waals surface area contributed by atoms with Gasteiger partial charge >= 0.3 is 5.97 Å². The summed E-state index contributed by atoms with van der Waals surface area (Å²) in [6.07, 6.45) is 3.28. The summed E-state index contributed by atoms with van der Waals surface area (Å²) in [6.45, 7) is 0.691. The monoisotopic (exact) mass is 423 g/mol. The van der Waals surface area contributed by atoms with Gasteiger partial charge in [0.1, 0.15) is 17.1 Å². The van der Waals surface area contributed by atoms with E-state index >= 15 is 0 Å². The molecule has 0 bridgehead atoms. The Bertz CT molecular complexity index is 1230. The maximum atomic E-state index is 14.1. The van der Waals surface area contributed by atoms with Crippen LogP contribution in [0.3, 0.4) is 0 Å². The Morgan fingerprint density at radius 2 is 2.03 bits per heavy atom. The SMILES string of the molecule is O=C1Cc2cc(CNC(=O)c3cc(C(=O)NCC4CC4)n4ncc(F)c4n3)ccc2O1. The molecule has 1 aliphatic carbocycles. The lowest BCUT2D eigenvalue weighted by Gasteiger charge is -2.10. The standard InChI is InChI=1S/C21H18FN5O4/c22-14-10-25-27-16(21(30)24-8-11-1-2-11)7-15(26-19(14)27)20(29)23-9-12-3-4-17-13(5-12)6-18(28)31-17/h3-5,7,10-11H,1-2,6,8-9H2,(H,23,29)(H,24,30). The van der Waals surface area contributed by atoms with Crippen molar-refractivity contribution in [3.8, 4) is 5.75 Å². The summed E-state index contributed by atoms with van der Waals surface area (Å²) in [5, 5.41) is 9.36. The van der Waals surface area contributed by atoms with Gasteiger partial charge in [0.05, 0.1) is 12.6 Å². The van der Waals surface area contributed by atoms with Crippen LogP contribution in [0.1, 0.15) is 44.9 Å². The second kappa shape index (κ2) is 7.46. The molecule has 31 heavy (non-hydrogen) atoms. The van der Waals surface area contributed by atoms with Crippen molar-refractivity contribution in [3.63, 3.8) is 0 Å². The van der Waals surface area contributed by atoms with Gasteiger partial charge in [-0.25, -0.2) is 13.9 Å². The number of benzene rings is 1. The van der Waals surface area contributed by atoms with Crippen molar-refractivity contribution in [2.45, 2.75) is 25.8 Å². The molecule has 3 heterocycles. The van der Waals surface area contributed by atoms with Crippen molar-refractivity contribution in [1.82, 2.24) is 25.2 Å². The first-order valence-corrected chi connectivity index (χ1v) is 9.91. The van der Waals surface area contributed by atoms with Crippen LogP contribution in [0, 0.1) is 11.7 Å². The van der Waals surface area contributed by atoms with Crippen molar-refractivity contribution < 1.29 is 23.5 Å². The van der Waals surface area contributed by atoms with Gasteiger partial charge in [0.2, 0.25) is 0 Å². The number of hydrogen-bond acceptors (Lipinski definition) is 6. The molecule has 2 aliphatic rings. The Balaban J connectivity index is 1.35. The molecule has 2 N–H and O–H groups in total. The third-order valence-corrected chi connectivity index (χ3v) is 5.28. The number of halogens is 1. The van der Waals surface area contributed by atoms with E-state index in [-0.39, 0.29) is 36.0 Å². The third kappa shape index (κ3) is 3.83. The van der Waals surface area contributed by atoms with Crippen LogP contribution in [0.4, 0.5) is 4.39 Å². The first-order chi connectivity index (χ1) is 15.0. The van der Waals surface area contributed by atoms with Gasteiger partial charge < -0.3 is 15.4 Å². The minimum absolute atomic E-state index is 0.0351. The molecule has 5 rings (SSSR count). The van der Waals surface area contributed by atoms with E-state index in [0.29, 0.717) is 18.2 Å². The van der Waals surface area contributed by atoms with Crippen molar-refractivity contribution in [3.05, 3.63) is 58.8 Å². The Labute approximate surface area is 175 Å². The predicted octanol–water partition coefficient (Wildman–Crippen LogP) is 1.40. The minimum Gasteiger partial charge on any atom is -0.426 e. The number of ether oxygens (including phenoxy) is 1. The van der Waals surface area contributed by atoms with Gasteiger partial charge in [-0.15, -0.1) is 0 Å². The highest BCUT2D eigenvalue weighted by Gasteiger charge is 2.25. The van der Waals surface area contributed by atoms with E-state index in [0.717, 1.165) is 34.7 Å². The molecule has 1 fully saturated rings. The average Bonchev–Trinajstić information content (AvgIpc) is 3.42. The van der Waals surface area contributed by atoms with Crippen molar-refractivity contribution in [2.75, 3.05) is 6.54 Å². The molecule has 9 nitrogen and oxygen atoms in total. The number of nitrogens with zero attached hydrogens (tertiary/aromatic N) is 3. The lowest BCUT2D eigenvalue weighted by atomic mass is 10.1. The van der Waals surface area contributed by atoms with Crippen LogP contribution < -0.4 is 15.4 Å². The highest BCUT2D eigenvalue weighted by Crippen LogP contribution is 2.28. The van der Waals surface area contributed by atoms with Gasteiger partial charge in [0.15, 0.2) is 11.5 Å². The minimum atomic E-state index is -0.728. The molecule has 2 aromatic heterocycles. The maximum absolute atomic E-state index is 14.1. The van der Waals surface area contributed by atoms with Crippen LogP contribution in [0.15, 0.2) is 30.5 Å². The number of esters is 1. The number of aromatic nitrogens is 3. The molecule has 10 heteroatoms. The number of fused-ring (bicyclic) bond motifs is 2. The molecular weight excluding hydrogens is 405 g/mol. The number of amides is 2. The first-order valence-electron chi connectivity index (χ1n) is 9.91. The number of rotatable bonds is 6. The largest absolute Gasteiger partial charge is 0.426 e. The molecule has 0 unspecified atom stereocenters. The zero-order valence-corrected chi connectivity index (χ0v) is 16.4. The highest BCUT2D eigenvalue weighted by atomic mass is 19.1.